The van der Waals surface area contributed by atoms with E-state index in [4.69, 9.17) is 4.74 Å². The second kappa shape index (κ2) is 8.14. The fourth-order valence-corrected chi connectivity index (χ4v) is 1.97. The van der Waals surface area contributed by atoms with Crippen molar-refractivity contribution in [3.63, 3.8) is 0 Å². The molecular formula is C17H21N3O2. The highest BCUT2D eigenvalue weighted by atomic mass is 16.5. The van der Waals surface area contributed by atoms with Gasteiger partial charge in [0.2, 0.25) is 0 Å². The fourth-order valence-electron chi connectivity index (χ4n) is 1.97. The van der Waals surface area contributed by atoms with Gasteiger partial charge in [-0.15, -0.1) is 0 Å². The number of para-hydroxylation sites is 1. The number of nitrogens with zero attached hydrogens (tertiary/aromatic N) is 1. The van der Waals surface area contributed by atoms with Gasteiger partial charge in [-0.2, -0.15) is 0 Å². The predicted octanol–water partition coefficient (Wildman–Crippen LogP) is 3.09. The van der Waals surface area contributed by atoms with E-state index in [1.165, 1.54) is 0 Å². The van der Waals surface area contributed by atoms with Crippen LogP contribution in [0.25, 0.3) is 0 Å². The van der Waals surface area contributed by atoms with Gasteiger partial charge in [0.05, 0.1) is 5.56 Å². The van der Waals surface area contributed by atoms with Crippen LogP contribution in [0.2, 0.25) is 0 Å². The van der Waals surface area contributed by atoms with Crippen LogP contribution < -0.4 is 10.6 Å². The minimum Gasteiger partial charge on any atom is -0.385 e. The second-order valence-corrected chi connectivity index (χ2v) is 4.97. The van der Waals surface area contributed by atoms with Crippen LogP contribution in [0, 0.1) is 6.92 Å². The van der Waals surface area contributed by atoms with Crippen LogP contribution in [0.5, 0.6) is 0 Å². The molecule has 0 spiro atoms. The van der Waals surface area contributed by atoms with Gasteiger partial charge in [-0.05, 0) is 37.1 Å². The SMILES string of the molecule is COCCCNc1ccc(C(=O)Nc2ccccc2C)cn1. The smallest absolute Gasteiger partial charge is 0.257 e. The van der Waals surface area contributed by atoms with Crippen molar-refractivity contribution in [3.8, 4) is 0 Å². The Kier molecular flexibility index (Phi) is 5.91. The van der Waals surface area contributed by atoms with Crippen molar-refractivity contribution < 1.29 is 9.53 Å². The lowest BCUT2D eigenvalue weighted by atomic mass is 10.2. The van der Waals surface area contributed by atoms with Crippen molar-refractivity contribution in [2.24, 2.45) is 0 Å². The van der Waals surface area contributed by atoms with Crippen molar-refractivity contribution in [3.05, 3.63) is 53.7 Å². The Balaban J connectivity index is 1.92. The molecule has 2 rings (SSSR count). The lowest BCUT2D eigenvalue weighted by Gasteiger charge is -2.09. The van der Waals surface area contributed by atoms with Crippen molar-refractivity contribution in [1.82, 2.24) is 4.98 Å². The third kappa shape index (κ3) is 4.56. The van der Waals surface area contributed by atoms with Gasteiger partial charge in [0, 0.05) is 32.1 Å². The number of rotatable bonds is 7. The highest BCUT2D eigenvalue weighted by Crippen LogP contribution is 2.15. The normalized spacial score (nSPS) is 10.3. The summed E-state index contributed by atoms with van der Waals surface area (Å²) in [4.78, 5) is 16.4. The molecule has 0 unspecified atom stereocenters. The van der Waals surface area contributed by atoms with Crippen LogP contribution in [0.1, 0.15) is 22.3 Å². The molecule has 0 saturated heterocycles. The van der Waals surface area contributed by atoms with E-state index >= 15 is 0 Å². The second-order valence-electron chi connectivity index (χ2n) is 4.97. The number of carbonyl (C=O) groups is 1. The largest absolute Gasteiger partial charge is 0.385 e. The first-order valence-electron chi connectivity index (χ1n) is 7.26. The standard InChI is InChI=1S/C17H21N3O2/c1-13-6-3-4-7-15(13)20-17(21)14-8-9-16(19-12-14)18-10-5-11-22-2/h3-4,6-9,12H,5,10-11H2,1-2H3,(H,18,19)(H,20,21). The van der Waals surface area contributed by atoms with Crippen LogP contribution in [-0.4, -0.2) is 31.2 Å². The molecule has 5 nitrogen and oxygen atoms in total. The molecule has 22 heavy (non-hydrogen) atoms. The molecule has 0 aliphatic rings. The maximum atomic E-state index is 12.2. The van der Waals surface area contributed by atoms with Gasteiger partial charge in [-0.1, -0.05) is 18.2 Å². The number of nitrogens with one attached hydrogen (secondary N) is 2. The summed E-state index contributed by atoms with van der Waals surface area (Å²) in [6.07, 6.45) is 2.49. The van der Waals surface area contributed by atoms with Crippen LogP contribution in [0.15, 0.2) is 42.6 Å². The molecule has 0 aliphatic heterocycles. The topological polar surface area (TPSA) is 63.2 Å². The third-order valence-electron chi connectivity index (χ3n) is 3.25. The molecule has 0 saturated carbocycles. The Morgan fingerprint density at radius 1 is 1.23 bits per heavy atom. The Morgan fingerprint density at radius 2 is 2.05 bits per heavy atom. The maximum Gasteiger partial charge on any atom is 0.257 e. The number of hydrogen-bond donors (Lipinski definition) is 2. The van der Waals surface area contributed by atoms with Crippen LogP contribution in [0.4, 0.5) is 11.5 Å². The van der Waals surface area contributed by atoms with Gasteiger partial charge < -0.3 is 15.4 Å². The molecule has 1 heterocycles. The van der Waals surface area contributed by atoms with E-state index in [2.05, 4.69) is 15.6 Å². The first kappa shape index (κ1) is 16.0. The van der Waals surface area contributed by atoms with Gasteiger partial charge >= 0.3 is 0 Å². The average molecular weight is 299 g/mol. The zero-order valence-electron chi connectivity index (χ0n) is 12.9. The zero-order valence-corrected chi connectivity index (χ0v) is 12.9. The van der Waals surface area contributed by atoms with Crippen LogP contribution in [0.3, 0.4) is 0 Å². The molecule has 0 fully saturated rings. The van der Waals surface area contributed by atoms with Crippen LogP contribution >= 0.6 is 0 Å². The molecule has 2 N–H and O–H groups in total. The summed E-state index contributed by atoms with van der Waals surface area (Å²) >= 11 is 0. The molecule has 116 valence electrons. The number of amides is 1. The summed E-state index contributed by atoms with van der Waals surface area (Å²) in [5.74, 6) is 0.594. The minimum atomic E-state index is -0.160. The first-order chi connectivity index (χ1) is 10.7. The van der Waals surface area contributed by atoms with E-state index < -0.39 is 0 Å². The van der Waals surface area contributed by atoms with Gasteiger partial charge in [-0.3, -0.25) is 4.79 Å². The number of methoxy groups -OCH3 is 1. The number of benzene rings is 1. The summed E-state index contributed by atoms with van der Waals surface area (Å²) in [6, 6.07) is 11.2. The number of carbonyl (C=O) groups excluding carboxylic acids is 1. The van der Waals surface area contributed by atoms with Gasteiger partial charge in [0.15, 0.2) is 0 Å². The number of aryl methyl sites for hydroxylation is 1. The summed E-state index contributed by atoms with van der Waals surface area (Å²) in [7, 11) is 1.68. The van der Waals surface area contributed by atoms with Gasteiger partial charge in [-0.25, -0.2) is 4.98 Å². The molecule has 1 aromatic carbocycles. The molecule has 5 heteroatoms. The molecular weight excluding hydrogens is 278 g/mol. The number of ether oxygens (including phenoxy) is 1. The van der Waals surface area contributed by atoms with Crippen molar-refractivity contribution in [2.45, 2.75) is 13.3 Å². The Labute approximate surface area is 130 Å². The van der Waals surface area contributed by atoms with Crippen molar-refractivity contribution >= 4 is 17.4 Å². The molecule has 0 radical (unpaired) electrons. The Bertz CT molecular complexity index is 612. The lowest BCUT2D eigenvalue weighted by Crippen LogP contribution is -2.13. The third-order valence-corrected chi connectivity index (χ3v) is 3.25. The highest BCUT2D eigenvalue weighted by molar-refractivity contribution is 6.04. The first-order valence-corrected chi connectivity index (χ1v) is 7.26. The van der Waals surface area contributed by atoms with Crippen molar-refractivity contribution in [2.75, 3.05) is 30.9 Å². The number of anilines is 2. The van der Waals surface area contributed by atoms with E-state index in [1.54, 1.807) is 25.4 Å². The van der Waals surface area contributed by atoms with E-state index in [0.717, 1.165) is 30.0 Å². The highest BCUT2D eigenvalue weighted by Gasteiger charge is 2.07. The monoisotopic (exact) mass is 299 g/mol. The van der Waals surface area contributed by atoms with E-state index in [0.29, 0.717) is 12.2 Å². The average Bonchev–Trinajstić information content (AvgIpc) is 2.54. The predicted molar refractivity (Wildman–Crippen MR) is 88.4 cm³/mol. The van der Waals surface area contributed by atoms with Crippen molar-refractivity contribution in [1.29, 1.82) is 0 Å². The van der Waals surface area contributed by atoms with E-state index in [9.17, 15) is 4.79 Å². The quantitative estimate of drug-likeness (QED) is 0.771. The summed E-state index contributed by atoms with van der Waals surface area (Å²) in [6.45, 7) is 3.46. The number of hydrogen-bond acceptors (Lipinski definition) is 4. The molecule has 0 atom stereocenters. The molecule has 1 aromatic heterocycles. The summed E-state index contributed by atoms with van der Waals surface area (Å²) in [5, 5.41) is 6.07. The van der Waals surface area contributed by atoms with Gasteiger partial charge in [0.25, 0.3) is 5.91 Å². The maximum absolute atomic E-state index is 12.2. The molecule has 1 amide bonds. The van der Waals surface area contributed by atoms with E-state index in [1.807, 2.05) is 31.2 Å². The Hall–Kier alpha value is -2.40. The molecule has 0 aliphatic carbocycles. The minimum absolute atomic E-state index is 0.160. The summed E-state index contributed by atoms with van der Waals surface area (Å²) < 4.78 is 4.98. The Morgan fingerprint density at radius 3 is 2.73 bits per heavy atom. The fraction of sp³-hybridized carbons (Fsp3) is 0.294. The number of pyridine rings is 1. The van der Waals surface area contributed by atoms with E-state index in [-0.39, 0.29) is 5.91 Å². The lowest BCUT2D eigenvalue weighted by molar-refractivity contribution is 0.102. The van der Waals surface area contributed by atoms with Gasteiger partial charge in [0.1, 0.15) is 5.82 Å². The number of aromatic nitrogens is 1. The molecule has 2 aromatic rings. The molecule has 0 bridgehead atoms. The zero-order chi connectivity index (χ0) is 15.8. The summed E-state index contributed by atoms with van der Waals surface area (Å²) in [5.41, 5.74) is 2.38. The van der Waals surface area contributed by atoms with Crippen LogP contribution in [-0.2, 0) is 4.74 Å².